The van der Waals surface area contributed by atoms with Crippen molar-refractivity contribution >= 4 is 22.9 Å². The van der Waals surface area contributed by atoms with Gasteiger partial charge in [0, 0.05) is 0 Å². The zero-order valence-corrected chi connectivity index (χ0v) is 6.58. The molecule has 0 spiro atoms. The molecule has 0 N–H and O–H groups in total. The minimum absolute atomic E-state index is 0.792. The lowest BCUT2D eigenvalue weighted by Crippen LogP contribution is -1.70. The van der Waals surface area contributed by atoms with Crippen LogP contribution in [0.5, 0.6) is 0 Å². The quantitative estimate of drug-likeness (QED) is 0.649. The average Bonchev–Trinajstić information content (AvgIpc) is 2.59. The monoisotopic (exact) mass is 167 g/mol. The Kier molecular flexibility index (Phi) is 1.49. The van der Waals surface area contributed by atoms with Gasteiger partial charge in [-0.15, -0.1) is 11.3 Å². The van der Waals surface area contributed by atoms with Gasteiger partial charge in [0.15, 0.2) is 11.3 Å². The standard InChI is InChI=1S/C6H3N2S2/c1-2-5(9-3-1)6-7-4-10-8-6/h1-3H. The molecule has 0 saturated heterocycles. The maximum absolute atomic E-state index is 4.04. The van der Waals surface area contributed by atoms with Crippen LogP contribution in [0.2, 0.25) is 0 Å². The summed E-state index contributed by atoms with van der Waals surface area (Å²) in [5.41, 5.74) is 2.71. The van der Waals surface area contributed by atoms with Crippen LogP contribution in [0.1, 0.15) is 0 Å². The number of hydrogen-bond acceptors (Lipinski definition) is 4. The van der Waals surface area contributed by atoms with E-state index in [4.69, 9.17) is 0 Å². The zero-order chi connectivity index (χ0) is 6.81. The van der Waals surface area contributed by atoms with Crippen molar-refractivity contribution in [3.63, 3.8) is 0 Å². The van der Waals surface area contributed by atoms with Crippen LogP contribution in [0.3, 0.4) is 0 Å². The molecule has 0 aliphatic carbocycles. The Morgan fingerprint density at radius 2 is 2.50 bits per heavy atom. The summed E-state index contributed by atoms with van der Waals surface area (Å²) in [6.07, 6.45) is 0. The highest BCUT2D eigenvalue weighted by molar-refractivity contribution is 7.13. The summed E-state index contributed by atoms with van der Waals surface area (Å²) in [5.74, 6) is 0.792. The summed E-state index contributed by atoms with van der Waals surface area (Å²) in [4.78, 5) is 5.06. The number of thiophene rings is 1. The van der Waals surface area contributed by atoms with Crippen LogP contribution in [-0.4, -0.2) is 9.36 Å². The van der Waals surface area contributed by atoms with Crippen molar-refractivity contribution in [1.82, 2.24) is 9.36 Å². The van der Waals surface area contributed by atoms with Crippen molar-refractivity contribution in [2.75, 3.05) is 0 Å². The first-order valence-electron chi connectivity index (χ1n) is 2.70. The molecule has 0 saturated carbocycles. The third-order valence-corrected chi connectivity index (χ3v) is 2.37. The summed E-state index contributed by atoms with van der Waals surface area (Å²) in [6, 6.07) is 3.99. The van der Waals surface area contributed by atoms with Crippen molar-refractivity contribution in [2.45, 2.75) is 0 Å². The topological polar surface area (TPSA) is 25.8 Å². The van der Waals surface area contributed by atoms with Gasteiger partial charge in [-0.25, -0.2) is 4.98 Å². The first kappa shape index (κ1) is 6.00. The SMILES string of the molecule is [c]1nc(-c2cccs2)ns1. The van der Waals surface area contributed by atoms with E-state index in [9.17, 15) is 0 Å². The highest BCUT2D eigenvalue weighted by Crippen LogP contribution is 2.20. The van der Waals surface area contributed by atoms with Gasteiger partial charge < -0.3 is 0 Å². The molecular formula is C6H3N2S2. The average molecular weight is 167 g/mol. The van der Waals surface area contributed by atoms with Crippen LogP contribution in [0.4, 0.5) is 0 Å². The summed E-state index contributed by atoms with van der Waals surface area (Å²) < 4.78 is 4.04. The molecule has 0 atom stereocenters. The molecule has 49 valence electrons. The molecule has 0 unspecified atom stereocenters. The van der Waals surface area contributed by atoms with E-state index in [1.165, 1.54) is 11.5 Å². The Bertz CT molecular complexity index is 253. The van der Waals surface area contributed by atoms with Crippen LogP contribution >= 0.6 is 22.9 Å². The minimum atomic E-state index is 0.792. The summed E-state index contributed by atoms with van der Waals surface area (Å²) in [5, 5.41) is 2.01. The first-order valence-corrected chi connectivity index (χ1v) is 4.36. The lowest BCUT2D eigenvalue weighted by molar-refractivity contribution is 1.34. The van der Waals surface area contributed by atoms with Gasteiger partial charge >= 0.3 is 0 Å². The van der Waals surface area contributed by atoms with Gasteiger partial charge in [-0.3, -0.25) is 0 Å². The first-order chi connectivity index (χ1) is 4.97. The summed E-state index contributed by atoms with van der Waals surface area (Å²) >= 11 is 2.90. The van der Waals surface area contributed by atoms with E-state index in [2.05, 4.69) is 14.9 Å². The molecule has 10 heavy (non-hydrogen) atoms. The van der Waals surface area contributed by atoms with Gasteiger partial charge in [-0.1, -0.05) is 6.07 Å². The second kappa shape index (κ2) is 2.48. The van der Waals surface area contributed by atoms with Crippen LogP contribution in [0.25, 0.3) is 10.7 Å². The van der Waals surface area contributed by atoms with Crippen LogP contribution in [-0.2, 0) is 0 Å². The molecule has 0 aliphatic rings. The van der Waals surface area contributed by atoms with E-state index in [0.29, 0.717) is 0 Å². The van der Waals surface area contributed by atoms with E-state index < -0.39 is 0 Å². The van der Waals surface area contributed by atoms with E-state index in [0.717, 1.165) is 10.7 Å². The number of hydrogen-bond donors (Lipinski definition) is 0. The second-order valence-electron chi connectivity index (χ2n) is 1.69. The highest BCUT2D eigenvalue weighted by Gasteiger charge is 2.00. The molecule has 4 heteroatoms. The molecule has 2 rings (SSSR count). The Balaban J connectivity index is 2.48. The lowest BCUT2D eigenvalue weighted by atomic mass is 10.5. The number of aromatic nitrogens is 2. The Hall–Kier alpha value is -0.740. The molecule has 0 fully saturated rings. The van der Waals surface area contributed by atoms with Crippen LogP contribution in [0.15, 0.2) is 17.5 Å². The smallest absolute Gasteiger partial charge is 0.183 e. The van der Waals surface area contributed by atoms with E-state index in [-0.39, 0.29) is 0 Å². The van der Waals surface area contributed by atoms with Crippen molar-refractivity contribution < 1.29 is 0 Å². The molecule has 0 aromatic carbocycles. The van der Waals surface area contributed by atoms with Crippen LogP contribution in [0, 0.1) is 5.51 Å². The normalized spacial score (nSPS) is 10.0. The fourth-order valence-electron chi connectivity index (χ4n) is 0.654. The van der Waals surface area contributed by atoms with Crippen LogP contribution < -0.4 is 0 Å². The minimum Gasteiger partial charge on any atom is -0.211 e. The van der Waals surface area contributed by atoms with Gasteiger partial charge in [0.25, 0.3) is 0 Å². The molecule has 1 radical (unpaired) electrons. The highest BCUT2D eigenvalue weighted by atomic mass is 32.1. The summed E-state index contributed by atoms with van der Waals surface area (Å²) in [7, 11) is 0. The number of nitrogens with zero attached hydrogens (tertiary/aromatic N) is 2. The third-order valence-electron chi connectivity index (χ3n) is 1.07. The maximum atomic E-state index is 4.04. The molecule has 0 aliphatic heterocycles. The Labute approximate surface area is 66.3 Å². The van der Waals surface area contributed by atoms with Crippen molar-refractivity contribution in [1.29, 1.82) is 0 Å². The largest absolute Gasteiger partial charge is 0.211 e. The van der Waals surface area contributed by atoms with Gasteiger partial charge in [0.05, 0.1) is 4.88 Å². The zero-order valence-electron chi connectivity index (χ0n) is 4.94. The predicted octanol–water partition coefficient (Wildman–Crippen LogP) is 2.07. The number of rotatable bonds is 1. The molecule has 0 amide bonds. The van der Waals surface area contributed by atoms with Crippen molar-refractivity contribution in [3.05, 3.63) is 23.0 Å². The Morgan fingerprint density at radius 1 is 1.50 bits per heavy atom. The fraction of sp³-hybridized carbons (Fsp3) is 0. The van der Waals surface area contributed by atoms with E-state index >= 15 is 0 Å². The summed E-state index contributed by atoms with van der Waals surface area (Å²) in [6.45, 7) is 0. The molecule has 2 aromatic rings. The third kappa shape index (κ3) is 0.955. The molecule has 2 aromatic heterocycles. The molecular weight excluding hydrogens is 164 g/mol. The maximum Gasteiger partial charge on any atom is 0.183 e. The van der Waals surface area contributed by atoms with Gasteiger partial charge in [0.1, 0.15) is 0 Å². The molecule has 2 heterocycles. The van der Waals surface area contributed by atoms with Crippen molar-refractivity contribution in [3.8, 4) is 10.7 Å². The van der Waals surface area contributed by atoms with Gasteiger partial charge in [0.2, 0.25) is 0 Å². The fourth-order valence-corrected chi connectivity index (χ4v) is 1.76. The van der Waals surface area contributed by atoms with Crippen molar-refractivity contribution in [2.24, 2.45) is 0 Å². The molecule has 2 nitrogen and oxygen atoms in total. The predicted molar refractivity (Wildman–Crippen MR) is 42.1 cm³/mol. The van der Waals surface area contributed by atoms with Gasteiger partial charge in [-0.2, -0.15) is 4.37 Å². The van der Waals surface area contributed by atoms with E-state index in [1.807, 2.05) is 17.5 Å². The molecule has 0 bridgehead atoms. The van der Waals surface area contributed by atoms with E-state index in [1.54, 1.807) is 11.3 Å². The second-order valence-corrected chi connectivity index (χ2v) is 3.18. The lowest BCUT2D eigenvalue weighted by Gasteiger charge is -1.81. The van der Waals surface area contributed by atoms with Gasteiger partial charge in [-0.05, 0) is 23.0 Å². The Morgan fingerprint density at radius 3 is 3.10 bits per heavy atom.